The molecule has 0 unspecified atom stereocenters. The third-order valence-electron chi connectivity index (χ3n) is 5.51. The Morgan fingerprint density at radius 2 is 1.55 bits per heavy atom. The molecule has 1 saturated heterocycles. The molecule has 1 aliphatic rings. The van der Waals surface area contributed by atoms with E-state index in [0.29, 0.717) is 5.56 Å². The topological polar surface area (TPSA) is 148 Å². The standard InChI is InChI=1S/C26H32Cl3NO10/c1-14(31)11-12-16(32)37-18-17(36-13-15-9-7-6-8-10-15)20(39-24(34)25(2,3)4)22(38-19(18)21(33)35-5)40-23(30)26(27,28)29/h6-10,17-20,22,30H,11-13H2,1-5H3/t17-,18-,19+,20+,22+/m1/s1. The van der Waals surface area contributed by atoms with E-state index in [1.807, 2.05) is 0 Å². The highest BCUT2D eigenvalue weighted by Crippen LogP contribution is 2.35. The Bertz CT molecular complexity index is 1070. The zero-order chi connectivity index (χ0) is 30.3. The van der Waals surface area contributed by atoms with Gasteiger partial charge in [-0.3, -0.25) is 15.0 Å². The van der Waals surface area contributed by atoms with Gasteiger partial charge in [-0.1, -0.05) is 65.1 Å². The first kappa shape index (κ1) is 33.8. The number of halogens is 3. The molecule has 11 nitrogen and oxygen atoms in total. The minimum atomic E-state index is -2.33. The first-order valence-electron chi connectivity index (χ1n) is 12.2. The fourth-order valence-corrected chi connectivity index (χ4v) is 3.53. The molecular weight excluding hydrogens is 593 g/mol. The van der Waals surface area contributed by atoms with E-state index in [4.69, 9.17) is 68.6 Å². The van der Waals surface area contributed by atoms with Crippen LogP contribution < -0.4 is 0 Å². The monoisotopic (exact) mass is 623 g/mol. The van der Waals surface area contributed by atoms with E-state index in [2.05, 4.69) is 0 Å². The van der Waals surface area contributed by atoms with Crippen LogP contribution in [-0.4, -0.2) is 71.2 Å². The number of benzene rings is 1. The fraction of sp³-hybridized carbons (Fsp3) is 0.577. The van der Waals surface area contributed by atoms with Crippen molar-refractivity contribution in [3.05, 3.63) is 35.9 Å². The number of methoxy groups -OCH3 is 1. The van der Waals surface area contributed by atoms with Gasteiger partial charge in [-0.25, -0.2) is 4.79 Å². The van der Waals surface area contributed by atoms with E-state index in [-0.39, 0.29) is 25.2 Å². The summed E-state index contributed by atoms with van der Waals surface area (Å²) in [6, 6.07) is 8.85. The number of alkyl halides is 3. The minimum Gasteiger partial charge on any atom is -0.467 e. The van der Waals surface area contributed by atoms with Gasteiger partial charge in [0.15, 0.2) is 18.3 Å². The van der Waals surface area contributed by atoms with Gasteiger partial charge in [0.05, 0.1) is 25.6 Å². The second kappa shape index (κ2) is 14.5. The number of carbonyl (C=O) groups is 4. The van der Waals surface area contributed by atoms with Crippen LogP contribution in [0, 0.1) is 10.8 Å². The lowest BCUT2D eigenvalue weighted by molar-refractivity contribution is -0.293. The second-order valence-corrected chi connectivity index (χ2v) is 12.2. The van der Waals surface area contributed by atoms with Gasteiger partial charge in [-0.2, -0.15) is 0 Å². The van der Waals surface area contributed by atoms with Gasteiger partial charge in [0.1, 0.15) is 11.9 Å². The van der Waals surface area contributed by atoms with Crippen molar-refractivity contribution in [1.29, 1.82) is 5.41 Å². The molecule has 0 spiro atoms. The lowest BCUT2D eigenvalue weighted by atomic mass is 9.95. The Kier molecular flexibility index (Phi) is 12.2. The predicted molar refractivity (Wildman–Crippen MR) is 144 cm³/mol. The van der Waals surface area contributed by atoms with Crippen molar-refractivity contribution in [2.24, 2.45) is 5.41 Å². The Labute approximate surface area is 247 Å². The molecule has 1 aliphatic heterocycles. The molecule has 0 aliphatic carbocycles. The Morgan fingerprint density at radius 3 is 2.08 bits per heavy atom. The lowest BCUT2D eigenvalue weighted by Crippen LogP contribution is -2.64. The summed E-state index contributed by atoms with van der Waals surface area (Å²) in [5.41, 5.74) is -0.331. The van der Waals surface area contributed by atoms with Crippen LogP contribution in [0.15, 0.2) is 30.3 Å². The Balaban J connectivity index is 2.58. The largest absolute Gasteiger partial charge is 0.467 e. The molecule has 0 bridgehead atoms. The molecule has 1 aromatic carbocycles. The van der Waals surface area contributed by atoms with Crippen molar-refractivity contribution in [1.82, 2.24) is 0 Å². The van der Waals surface area contributed by atoms with Crippen LogP contribution in [0.5, 0.6) is 0 Å². The van der Waals surface area contributed by atoms with Gasteiger partial charge in [-0.15, -0.1) is 0 Å². The highest BCUT2D eigenvalue weighted by atomic mass is 35.6. The van der Waals surface area contributed by atoms with Gasteiger partial charge in [0, 0.05) is 6.42 Å². The minimum absolute atomic E-state index is 0.0842. The number of hydrogen-bond acceptors (Lipinski definition) is 11. The molecule has 1 aromatic rings. The quantitative estimate of drug-likeness (QED) is 0.133. The third kappa shape index (κ3) is 9.88. The molecule has 2 rings (SSSR count). The number of nitrogens with one attached hydrogen (secondary N) is 1. The van der Waals surface area contributed by atoms with E-state index in [9.17, 15) is 19.2 Å². The zero-order valence-electron chi connectivity index (χ0n) is 22.6. The smallest absolute Gasteiger partial charge is 0.339 e. The van der Waals surface area contributed by atoms with E-state index < -0.39 is 63.7 Å². The molecule has 0 saturated carbocycles. The van der Waals surface area contributed by atoms with Gasteiger partial charge >= 0.3 is 17.9 Å². The molecule has 5 atom stereocenters. The van der Waals surface area contributed by atoms with E-state index in [1.165, 1.54) is 6.92 Å². The number of carbonyl (C=O) groups excluding carboxylic acids is 4. The maximum absolute atomic E-state index is 13.0. The van der Waals surface area contributed by atoms with Gasteiger partial charge in [-0.05, 0) is 33.3 Å². The SMILES string of the molecule is COC(=O)[C@H]1O[C@@H](OC(=N)C(Cl)(Cl)Cl)[C@@H](OC(=O)C(C)(C)C)[C@H](OCc2ccccc2)[C@H]1OC(=O)CCC(C)=O. The molecule has 1 fully saturated rings. The summed E-state index contributed by atoms with van der Waals surface area (Å²) >= 11 is 17.4. The first-order valence-corrected chi connectivity index (χ1v) is 13.3. The molecule has 14 heteroatoms. The Morgan fingerprint density at radius 1 is 0.925 bits per heavy atom. The average Bonchev–Trinajstić information content (AvgIpc) is 2.87. The summed E-state index contributed by atoms with van der Waals surface area (Å²) in [6.07, 6.45) is -8.28. The van der Waals surface area contributed by atoms with Crippen LogP contribution in [-0.2, 0) is 54.2 Å². The normalized spacial score (nSPS) is 23.1. The Hall–Kier alpha value is -2.44. The molecule has 1 N–H and O–H groups in total. The molecule has 40 heavy (non-hydrogen) atoms. The predicted octanol–water partition coefficient (Wildman–Crippen LogP) is 4.07. The van der Waals surface area contributed by atoms with Crippen LogP contribution in [0.3, 0.4) is 0 Å². The van der Waals surface area contributed by atoms with Crippen LogP contribution >= 0.6 is 34.8 Å². The first-order chi connectivity index (χ1) is 18.5. The van der Waals surface area contributed by atoms with Crippen molar-refractivity contribution >= 4 is 64.4 Å². The second-order valence-electron chi connectivity index (χ2n) is 9.93. The maximum atomic E-state index is 13.0. The van der Waals surface area contributed by atoms with Crippen molar-refractivity contribution in [3.8, 4) is 0 Å². The number of rotatable bonds is 10. The molecule has 0 radical (unpaired) electrons. The number of hydrogen-bond donors (Lipinski definition) is 1. The summed E-state index contributed by atoms with van der Waals surface area (Å²) in [5, 5.41) is 8.04. The average molecular weight is 625 g/mol. The molecular formula is C26H32Cl3NO10. The lowest BCUT2D eigenvalue weighted by Gasteiger charge is -2.44. The van der Waals surface area contributed by atoms with E-state index >= 15 is 0 Å². The van der Waals surface area contributed by atoms with Gasteiger partial charge in [0.25, 0.3) is 3.79 Å². The maximum Gasteiger partial charge on any atom is 0.339 e. The van der Waals surface area contributed by atoms with E-state index in [1.54, 1.807) is 51.1 Å². The summed E-state index contributed by atoms with van der Waals surface area (Å²) in [7, 11) is 1.07. The van der Waals surface area contributed by atoms with Crippen LogP contribution in [0.2, 0.25) is 0 Å². The van der Waals surface area contributed by atoms with Crippen molar-refractivity contribution in [2.45, 2.75) is 81.6 Å². The molecule has 222 valence electrons. The van der Waals surface area contributed by atoms with Crippen LogP contribution in [0.1, 0.15) is 46.1 Å². The number of ketones is 1. The number of Topliss-reactive ketones (excluding diaryl/α,β-unsaturated/α-hetero) is 1. The van der Waals surface area contributed by atoms with Crippen molar-refractivity contribution < 1.29 is 47.6 Å². The molecule has 1 heterocycles. The summed E-state index contributed by atoms with van der Waals surface area (Å²) < 4.78 is 31.1. The number of esters is 3. The molecule has 0 aromatic heterocycles. The van der Waals surface area contributed by atoms with Gasteiger partial charge in [0.2, 0.25) is 12.2 Å². The number of ether oxygens (including phenoxy) is 6. The summed E-state index contributed by atoms with van der Waals surface area (Å²) in [6.45, 7) is 6.00. The van der Waals surface area contributed by atoms with Crippen molar-refractivity contribution in [3.63, 3.8) is 0 Å². The van der Waals surface area contributed by atoms with Crippen LogP contribution in [0.25, 0.3) is 0 Å². The van der Waals surface area contributed by atoms with E-state index in [0.717, 1.165) is 7.11 Å². The van der Waals surface area contributed by atoms with Crippen LogP contribution in [0.4, 0.5) is 0 Å². The fourth-order valence-electron chi connectivity index (χ4n) is 3.39. The zero-order valence-corrected chi connectivity index (χ0v) is 24.9. The summed E-state index contributed by atoms with van der Waals surface area (Å²) in [4.78, 5) is 49.9. The summed E-state index contributed by atoms with van der Waals surface area (Å²) in [5.74, 6) is -3.73. The highest BCUT2D eigenvalue weighted by Gasteiger charge is 2.56. The third-order valence-corrected chi connectivity index (χ3v) is 6.02. The van der Waals surface area contributed by atoms with Gasteiger partial charge < -0.3 is 33.2 Å². The highest BCUT2D eigenvalue weighted by molar-refractivity contribution is 6.76. The molecule has 0 amide bonds. The van der Waals surface area contributed by atoms with Crippen molar-refractivity contribution in [2.75, 3.05) is 7.11 Å².